The first-order valence-electron chi connectivity index (χ1n) is 12.1. The Hall–Kier alpha value is -3.20. The molecule has 4 rings (SSSR count). The molecule has 1 atom stereocenters. The lowest BCUT2D eigenvalue weighted by atomic mass is 10.1. The maximum absolute atomic E-state index is 12.6. The van der Waals surface area contributed by atoms with Crippen molar-refractivity contribution >= 4 is 5.91 Å². The molecule has 2 heterocycles. The van der Waals surface area contributed by atoms with Gasteiger partial charge in [0.1, 0.15) is 12.0 Å². The number of aromatic nitrogens is 1. The third kappa shape index (κ3) is 7.14. The van der Waals surface area contributed by atoms with Crippen molar-refractivity contribution in [3.63, 3.8) is 0 Å². The van der Waals surface area contributed by atoms with E-state index < -0.39 is 0 Å². The van der Waals surface area contributed by atoms with Crippen molar-refractivity contribution in [2.24, 2.45) is 0 Å². The fourth-order valence-corrected chi connectivity index (χ4v) is 4.18. The van der Waals surface area contributed by atoms with Gasteiger partial charge in [0.15, 0.2) is 5.69 Å². The van der Waals surface area contributed by atoms with E-state index in [2.05, 4.69) is 45.2 Å². The highest BCUT2D eigenvalue weighted by Gasteiger charge is 2.21. The van der Waals surface area contributed by atoms with Crippen LogP contribution in [0.5, 0.6) is 5.75 Å². The second-order valence-corrected chi connectivity index (χ2v) is 8.68. The van der Waals surface area contributed by atoms with Crippen molar-refractivity contribution in [3.05, 3.63) is 83.6 Å². The molecule has 1 fully saturated rings. The lowest BCUT2D eigenvalue weighted by Gasteiger charge is -2.28. The number of nitrogens with one attached hydrogen (secondary N) is 1. The molecule has 1 aliphatic heterocycles. The maximum atomic E-state index is 12.6. The summed E-state index contributed by atoms with van der Waals surface area (Å²) in [6, 6.07) is 18.5. The number of carbonyl (C=O) groups excluding carboxylic acids is 1. The van der Waals surface area contributed by atoms with E-state index in [4.69, 9.17) is 13.9 Å². The van der Waals surface area contributed by atoms with Gasteiger partial charge >= 0.3 is 0 Å². The van der Waals surface area contributed by atoms with Crippen LogP contribution in [0.1, 0.15) is 40.5 Å². The van der Waals surface area contributed by atoms with Crippen LogP contribution in [0.25, 0.3) is 0 Å². The number of rotatable bonds is 11. The first-order chi connectivity index (χ1) is 17.1. The van der Waals surface area contributed by atoms with Crippen LogP contribution < -0.4 is 10.1 Å². The molecule has 0 bridgehead atoms. The van der Waals surface area contributed by atoms with E-state index >= 15 is 0 Å². The monoisotopic (exact) mass is 478 g/mol. The number of nitrogens with zero attached hydrogens (tertiary/aromatic N) is 3. The molecule has 0 saturated carbocycles. The zero-order valence-corrected chi connectivity index (χ0v) is 20.5. The summed E-state index contributed by atoms with van der Waals surface area (Å²) in [6.07, 6.45) is 1.44. The zero-order valence-electron chi connectivity index (χ0n) is 20.5. The molecule has 0 radical (unpaired) electrons. The third-order valence-corrected chi connectivity index (χ3v) is 6.29. The van der Waals surface area contributed by atoms with Gasteiger partial charge in [-0.1, -0.05) is 42.5 Å². The summed E-state index contributed by atoms with van der Waals surface area (Å²) in [5.41, 5.74) is 2.62. The molecular formula is C27H34N4O4. The molecule has 1 unspecified atom stereocenters. The molecule has 186 valence electrons. The summed E-state index contributed by atoms with van der Waals surface area (Å²) < 4.78 is 16.5. The standard InChI is InChI=1S/C27H34N4O4/c1-21(23-8-4-3-5-9-23)31(18-22-7-6-10-24(17-22)33-2)19-26-29-25(20-35-26)27(32)28-11-12-30-13-15-34-16-14-30/h3-10,17,20-21H,11-16,18-19H2,1-2H3,(H,28,32). The number of carbonyl (C=O) groups is 1. The van der Waals surface area contributed by atoms with Gasteiger partial charge in [-0.3, -0.25) is 14.6 Å². The normalized spacial score (nSPS) is 15.2. The molecule has 0 spiro atoms. The fourth-order valence-electron chi connectivity index (χ4n) is 4.18. The van der Waals surface area contributed by atoms with Gasteiger partial charge in [-0.15, -0.1) is 0 Å². The number of ether oxygens (including phenoxy) is 2. The second kappa shape index (κ2) is 12.5. The van der Waals surface area contributed by atoms with Crippen LogP contribution in [0.2, 0.25) is 0 Å². The summed E-state index contributed by atoms with van der Waals surface area (Å²) in [6.45, 7) is 7.95. The highest BCUT2D eigenvalue weighted by molar-refractivity contribution is 5.91. The van der Waals surface area contributed by atoms with E-state index in [1.807, 2.05) is 36.4 Å². The average molecular weight is 479 g/mol. The lowest BCUT2D eigenvalue weighted by molar-refractivity contribution is 0.0383. The minimum absolute atomic E-state index is 0.111. The number of methoxy groups -OCH3 is 1. The minimum Gasteiger partial charge on any atom is -0.497 e. The Labute approximate surface area is 206 Å². The molecule has 0 aliphatic carbocycles. The number of morpholine rings is 1. The van der Waals surface area contributed by atoms with Crippen LogP contribution in [0.4, 0.5) is 0 Å². The first kappa shape index (κ1) is 24.9. The van der Waals surface area contributed by atoms with Crippen LogP contribution in [0.15, 0.2) is 65.3 Å². The minimum atomic E-state index is -0.219. The predicted molar refractivity (Wildman–Crippen MR) is 133 cm³/mol. The molecule has 1 saturated heterocycles. The Morgan fingerprint density at radius 3 is 2.71 bits per heavy atom. The molecule has 1 aliphatic rings. The van der Waals surface area contributed by atoms with E-state index in [9.17, 15) is 4.79 Å². The smallest absolute Gasteiger partial charge is 0.273 e. The van der Waals surface area contributed by atoms with Crippen LogP contribution in [-0.4, -0.2) is 67.2 Å². The predicted octanol–water partition coefficient (Wildman–Crippen LogP) is 3.51. The largest absolute Gasteiger partial charge is 0.497 e. The van der Waals surface area contributed by atoms with E-state index in [0.29, 0.717) is 31.2 Å². The van der Waals surface area contributed by atoms with E-state index in [1.54, 1.807) is 7.11 Å². The van der Waals surface area contributed by atoms with E-state index in [1.165, 1.54) is 11.8 Å². The number of oxazole rings is 1. The zero-order chi connectivity index (χ0) is 24.5. The number of amides is 1. The SMILES string of the molecule is COc1cccc(CN(Cc2nc(C(=O)NCCN3CCOCC3)co2)C(C)c2ccccc2)c1. The summed E-state index contributed by atoms with van der Waals surface area (Å²) in [7, 11) is 1.67. The molecule has 1 N–H and O–H groups in total. The second-order valence-electron chi connectivity index (χ2n) is 8.68. The van der Waals surface area contributed by atoms with Gasteiger partial charge in [-0.25, -0.2) is 4.98 Å². The van der Waals surface area contributed by atoms with Crippen LogP contribution in [0, 0.1) is 0 Å². The Balaban J connectivity index is 1.41. The third-order valence-electron chi connectivity index (χ3n) is 6.29. The van der Waals surface area contributed by atoms with Crippen LogP contribution in [0.3, 0.4) is 0 Å². The number of hydrogen-bond donors (Lipinski definition) is 1. The quantitative estimate of drug-likeness (QED) is 0.452. The lowest BCUT2D eigenvalue weighted by Crippen LogP contribution is -2.41. The van der Waals surface area contributed by atoms with Gasteiger partial charge in [-0.2, -0.15) is 0 Å². The van der Waals surface area contributed by atoms with Crippen molar-refractivity contribution in [1.82, 2.24) is 20.1 Å². The summed E-state index contributed by atoms with van der Waals surface area (Å²) in [4.78, 5) is 21.6. The molecular weight excluding hydrogens is 444 g/mol. The molecule has 2 aromatic carbocycles. The highest BCUT2D eigenvalue weighted by Crippen LogP contribution is 2.25. The van der Waals surface area contributed by atoms with Gasteiger partial charge in [0.05, 0.1) is 26.9 Å². The highest BCUT2D eigenvalue weighted by atomic mass is 16.5. The van der Waals surface area contributed by atoms with Gasteiger partial charge in [-0.05, 0) is 30.2 Å². The van der Waals surface area contributed by atoms with Crippen molar-refractivity contribution < 1.29 is 18.7 Å². The van der Waals surface area contributed by atoms with Crippen molar-refractivity contribution in [3.8, 4) is 5.75 Å². The van der Waals surface area contributed by atoms with Crippen molar-refractivity contribution in [1.29, 1.82) is 0 Å². The van der Waals surface area contributed by atoms with E-state index in [0.717, 1.165) is 44.2 Å². The molecule has 1 amide bonds. The molecule has 35 heavy (non-hydrogen) atoms. The topological polar surface area (TPSA) is 80.1 Å². The van der Waals surface area contributed by atoms with Gasteiger partial charge in [0, 0.05) is 38.8 Å². The van der Waals surface area contributed by atoms with Crippen molar-refractivity contribution in [2.75, 3.05) is 46.5 Å². The summed E-state index contributed by atoms with van der Waals surface area (Å²) in [5.74, 6) is 1.11. The Morgan fingerprint density at radius 2 is 1.94 bits per heavy atom. The molecule has 1 aromatic heterocycles. The maximum Gasteiger partial charge on any atom is 0.273 e. The van der Waals surface area contributed by atoms with Crippen molar-refractivity contribution in [2.45, 2.75) is 26.1 Å². The van der Waals surface area contributed by atoms with Gasteiger partial charge in [0.2, 0.25) is 5.89 Å². The average Bonchev–Trinajstić information content (AvgIpc) is 3.38. The van der Waals surface area contributed by atoms with Gasteiger partial charge < -0.3 is 19.2 Å². The van der Waals surface area contributed by atoms with Crippen LogP contribution in [-0.2, 0) is 17.8 Å². The number of hydrogen-bond acceptors (Lipinski definition) is 7. The van der Waals surface area contributed by atoms with Crippen LogP contribution >= 0.6 is 0 Å². The Kier molecular flexibility index (Phi) is 8.89. The Bertz CT molecular complexity index is 1070. The molecule has 3 aromatic rings. The van der Waals surface area contributed by atoms with Gasteiger partial charge in [0.25, 0.3) is 5.91 Å². The molecule has 8 nitrogen and oxygen atoms in total. The Morgan fingerprint density at radius 1 is 1.14 bits per heavy atom. The fraction of sp³-hybridized carbons (Fsp3) is 0.407. The first-order valence-corrected chi connectivity index (χ1v) is 12.1. The summed E-state index contributed by atoms with van der Waals surface area (Å²) in [5, 5.41) is 2.94. The van der Waals surface area contributed by atoms with E-state index in [-0.39, 0.29) is 11.9 Å². The molecule has 8 heteroatoms. The summed E-state index contributed by atoms with van der Waals surface area (Å²) >= 11 is 0. The number of benzene rings is 2.